The Morgan fingerprint density at radius 3 is 2.37 bits per heavy atom. The van der Waals surface area contributed by atoms with Crippen LogP contribution in [-0.2, 0) is 25.7 Å². The van der Waals surface area contributed by atoms with E-state index in [0.717, 1.165) is 5.56 Å². The van der Waals surface area contributed by atoms with Crippen molar-refractivity contribution in [3.63, 3.8) is 0 Å². The van der Waals surface area contributed by atoms with Crippen molar-refractivity contribution in [2.45, 2.75) is 57.6 Å². The largest absolute Gasteiger partial charge is 0.466 e. The van der Waals surface area contributed by atoms with Gasteiger partial charge in [-0.05, 0) is 16.2 Å². The first kappa shape index (κ1) is 22.1. The molecule has 0 N–H and O–H groups in total. The molecular formula is C22H30N2O5Si. The van der Waals surface area contributed by atoms with E-state index in [-0.39, 0.29) is 30.1 Å². The molecule has 0 unspecified atom stereocenters. The minimum absolute atomic E-state index is 0.0642. The number of carbonyl (C=O) groups is 3. The van der Waals surface area contributed by atoms with E-state index in [1.807, 2.05) is 34.9 Å². The Morgan fingerprint density at radius 2 is 1.80 bits per heavy atom. The average molecular weight is 431 g/mol. The zero-order valence-corrected chi connectivity index (χ0v) is 19.5. The van der Waals surface area contributed by atoms with E-state index >= 15 is 0 Å². The Hall–Kier alpha value is -2.61. The third kappa shape index (κ3) is 3.76. The smallest absolute Gasteiger partial charge is 0.411 e. The van der Waals surface area contributed by atoms with Gasteiger partial charge in [-0.15, -0.1) is 0 Å². The summed E-state index contributed by atoms with van der Waals surface area (Å²) in [7, 11) is -0.882. The minimum Gasteiger partial charge on any atom is -0.466 e. The lowest BCUT2D eigenvalue weighted by molar-refractivity contribution is -0.144. The lowest BCUT2D eigenvalue weighted by Gasteiger charge is -2.57. The molecule has 1 aromatic rings. The lowest BCUT2D eigenvalue weighted by Crippen LogP contribution is -2.76. The van der Waals surface area contributed by atoms with Gasteiger partial charge in [-0.2, -0.15) is 0 Å². The molecule has 2 aliphatic rings. The first-order valence-electron chi connectivity index (χ1n) is 10.1. The molecule has 8 heteroatoms. The number of hydrogen-bond donors (Lipinski definition) is 0. The number of β-lactam (4-membered cyclic amide) rings is 1. The second-order valence-electron chi connectivity index (χ2n) is 9.32. The summed E-state index contributed by atoms with van der Waals surface area (Å²) < 4.78 is 12.2. The van der Waals surface area contributed by atoms with Crippen molar-refractivity contribution < 1.29 is 23.9 Å². The molecule has 2 heterocycles. The maximum absolute atomic E-state index is 13.2. The molecule has 2 amide bonds. The van der Waals surface area contributed by atoms with Gasteiger partial charge in [0.15, 0.2) is 8.24 Å². The standard InChI is InChI=1S/C22H30N2O5Si/c1-22(2,3)30(5,6)24-18-16(12-17(25)28-4)13-23(19(18)20(24)26)21(27)29-14-15-10-8-7-9-11-15/h7-12,18-19H,13-14H2,1-6H3/t18-,19+/m1/s1. The van der Waals surface area contributed by atoms with Crippen molar-refractivity contribution in [3.05, 3.63) is 47.5 Å². The number of nitrogens with zero attached hydrogens (tertiary/aromatic N) is 2. The lowest BCUT2D eigenvalue weighted by atomic mass is 9.96. The quantitative estimate of drug-likeness (QED) is 0.317. The second-order valence-corrected chi connectivity index (χ2v) is 14.4. The predicted octanol–water partition coefficient (Wildman–Crippen LogP) is 3.32. The summed E-state index contributed by atoms with van der Waals surface area (Å²) in [4.78, 5) is 39.4. The van der Waals surface area contributed by atoms with Crippen LogP contribution in [-0.4, -0.2) is 61.4 Å². The van der Waals surface area contributed by atoms with E-state index in [9.17, 15) is 14.4 Å². The van der Waals surface area contributed by atoms with Crippen LogP contribution < -0.4 is 0 Å². The Bertz CT molecular complexity index is 875. The summed E-state index contributed by atoms with van der Waals surface area (Å²) in [6, 6.07) is 8.45. The number of ether oxygens (including phenoxy) is 2. The summed E-state index contributed by atoms with van der Waals surface area (Å²) >= 11 is 0. The molecule has 30 heavy (non-hydrogen) atoms. The third-order valence-corrected chi connectivity index (χ3v) is 11.9. The number of fused-ring (bicyclic) bond motifs is 1. The fourth-order valence-corrected chi connectivity index (χ4v) is 6.25. The third-order valence-electron chi connectivity index (χ3n) is 6.52. The zero-order valence-electron chi connectivity index (χ0n) is 18.5. The van der Waals surface area contributed by atoms with E-state index in [4.69, 9.17) is 9.47 Å². The molecule has 3 rings (SSSR count). The number of benzene rings is 1. The molecule has 2 atom stereocenters. The van der Waals surface area contributed by atoms with Crippen LogP contribution in [0.1, 0.15) is 26.3 Å². The summed E-state index contributed by atoms with van der Waals surface area (Å²) in [5.41, 5.74) is 1.59. The fourth-order valence-electron chi connectivity index (χ4n) is 3.84. The molecule has 162 valence electrons. The number of rotatable bonds is 4. The van der Waals surface area contributed by atoms with E-state index in [0.29, 0.717) is 5.57 Å². The van der Waals surface area contributed by atoms with Crippen molar-refractivity contribution in [2.24, 2.45) is 0 Å². The van der Waals surface area contributed by atoms with Crippen LogP contribution in [0.4, 0.5) is 4.79 Å². The molecule has 0 spiro atoms. The van der Waals surface area contributed by atoms with Crippen molar-refractivity contribution in [2.75, 3.05) is 13.7 Å². The molecule has 2 fully saturated rings. The van der Waals surface area contributed by atoms with Crippen molar-refractivity contribution in [1.29, 1.82) is 0 Å². The van der Waals surface area contributed by atoms with E-state index in [1.54, 1.807) is 0 Å². The molecule has 0 bridgehead atoms. The highest BCUT2D eigenvalue weighted by molar-refractivity contribution is 6.80. The molecule has 0 saturated carbocycles. The van der Waals surface area contributed by atoms with Gasteiger partial charge in [-0.1, -0.05) is 64.2 Å². The van der Waals surface area contributed by atoms with E-state index in [1.165, 1.54) is 18.1 Å². The molecule has 7 nitrogen and oxygen atoms in total. The first-order chi connectivity index (χ1) is 14.0. The van der Waals surface area contributed by atoms with Gasteiger partial charge in [0, 0.05) is 12.6 Å². The summed E-state index contributed by atoms with van der Waals surface area (Å²) in [6.45, 7) is 11.0. The summed E-state index contributed by atoms with van der Waals surface area (Å²) in [6.07, 6.45) is 0.861. The second kappa shape index (κ2) is 7.90. The maximum atomic E-state index is 13.2. The van der Waals surface area contributed by atoms with Gasteiger partial charge in [0.2, 0.25) is 5.91 Å². The predicted molar refractivity (Wildman–Crippen MR) is 115 cm³/mol. The number of methoxy groups -OCH3 is 1. The number of amides is 2. The van der Waals surface area contributed by atoms with Gasteiger partial charge in [-0.3, -0.25) is 9.69 Å². The van der Waals surface area contributed by atoms with Crippen LogP contribution in [0.25, 0.3) is 0 Å². The molecule has 2 saturated heterocycles. The SMILES string of the molecule is COC(=O)C=C1CN(C(=O)OCc2ccccc2)[C@@H]2C(=O)N([Si](C)(C)C(C)(C)C)[C@H]12. The normalized spacial score (nSPS) is 22.6. The minimum atomic E-state index is -2.20. The molecular weight excluding hydrogens is 400 g/mol. The van der Waals surface area contributed by atoms with Crippen LogP contribution in [0.2, 0.25) is 18.1 Å². The summed E-state index contributed by atoms with van der Waals surface area (Å²) in [5, 5.41) is -0.0642. The molecule has 2 aliphatic heterocycles. The molecule has 0 aromatic heterocycles. The van der Waals surface area contributed by atoms with Gasteiger partial charge in [0.05, 0.1) is 13.2 Å². The zero-order chi connectivity index (χ0) is 22.3. The van der Waals surface area contributed by atoms with Gasteiger partial charge < -0.3 is 14.0 Å². The highest BCUT2D eigenvalue weighted by Crippen LogP contribution is 2.48. The van der Waals surface area contributed by atoms with Crippen molar-refractivity contribution >= 4 is 26.2 Å². The van der Waals surface area contributed by atoms with Gasteiger partial charge in [0.25, 0.3) is 0 Å². The Kier molecular flexibility index (Phi) is 5.82. The van der Waals surface area contributed by atoms with Crippen LogP contribution in [0.3, 0.4) is 0 Å². The van der Waals surface area contributed by atoms with Crippen molar-refractivity contribution in [3.8, 4) is 0 Å². The Balaban J connectivity index is 1.85. The highest BCUT2D eigenvalue weighted by Gasteiger charge is 2.64. The Morgan fingerprint density at radius 1 is 1.17 bits per heavy atom. The van der Waals surface area contributed by atoms with Gasteiger partial charge in [0.1, 0.15) is 12.6 Å². The number of likely N-dealkylation sites (tertiary alicyclic amines) is 1. The average Bonchev–Trinajstić information content (AvgIpc) is 2.99. The van der Waals surface area contributed by atoms with Crippen LogP contribution >= 0.6 is 0 Å². The van der Waals surface area contributed by atoms with Gasteiger partial charge >= 0.3 is 12.1 Å². The number of esters is 1. The van der Waals surface area contributed by atoms with Gasteiger partial charge in [-0.25, -0.2) is 9.59 Å². The number of hydrogen-bond acceptors (Lipinski definition) is 5. The van der Waals surface area contributed by atoms with Crippen molar-refractivity contribution in [1.82, 2.24) is 9.47 Å². The monoisotopic (exact) mass is 430 g/mol. The fraction of sp³-hybridized carbons (Fsp3) is 0.500. The maximum Gasteiger partial charge on any atom is 0.411 e. The molecule has 1 aromatic carbocycles. The molecule has 0 aliphatic carbocycles. The van der Waals surface area contributed by atoms with Crippen LogP contribution in [0.5, 0.6) is 0 Å². The first-order valence-corrected chi connectivity index (χ1v) is 13.0. The van der Waals surface area contributed by atoms with E-state index < -0.39 is 26.3 Å². The van der Waals surface area contributed by atoms with E-state index in [2.05, 4.69) is 33.9 Å². The van der Waals surface area contributed by atoms with Crippen LogP contribution in [0.15, 0.2) is 42.0 Å². The topological polar surface area (TPSA) is 76.1 Å². The van der Waals surface area contributed by atoms with Crippen LogP contribution in [0, 0.1) is 0 Å². The number of carbonyl (C=O) groups excluding carboxylic acids is 3. The highest BCUT2D eigenvalue weighted by atomic mass is 28.3. The molecule has 0 radical (unpaired) electrons. The Labute approximate surface area is 178 Å². The summed E-state index contributed by atoms with van der Waals surface area (Å²) in [5.74, 6) is -0.561.